The molecule has 84 valence electrons. The zero-order valence-corrected chi connectivity index (χ0v) is 8.79. The van der Waals surface area contributed by atoms with Crippen LogP contribution in [0.4, 0.5) is 4.79 Å². The number of amides is 3. The van der Waals surface area contributed by atoms with Crippen LogP contribution < -0.4 is 10.6 Å². The quantitative estimate of drug-likeness (QED) is 0.293. The smallest absolute Gasteiger partial charge is 0.321 e. The molecule has 15 heavy (non-hydrogen) atoms. The molecule has 0 saturated heterocycles. The molecule has 0 fully saturated rings. The van der Waals surface area contributed by atoms with E-state index in [1.807, 2.05) is 0 Å². The molecule has 5 heteroatoms. The van der Waals surface area contributed by atoms with E-state index in [0.717, 1.165) is 6.42 Å². The number of rotatable bonds is 6. The third-order valence-electron chi connectivity index (χ3n) is 1.89. The molecular weight excluding hydrogens is 196 g/mol. The van der Waals surface area contributed by atoms with E-state index in [1.54, 1.807) is 6.08 Å². The van der Waals surface area contributed by atoms with E-state index in [2.05, 4.69) is 17.2 Å². The van der Waals surface area contributed by atoms with E-state index < -0.39 is 17.9 Å². The first kappa shape index (κ1) is 13.4. The maximum absolute atomic E-state index is 11.3. The fourth-order valence-electron chi connectivity index (χ4n) is 1.01. The van der Waals surface area contributed by atoms with Crippen LogP contribution in [0.3, 0.4) is 0 Å². The number of allylic oxidation sites excluding steroid dienone is 1. The van der Waals surface area contributed by atoms with Crippen LogP contribution in [0, 0.1) is 5.92 Å². The van der Waals surface area contributed by atoms with Crippen molar-refractivity contribution in [1.29, 1.82) is 0 Å². The number of urea groups is 1. The summed E-state index contributed by atoms with van der Waals surface area (Å²) in [5.41, 5.74) is 0. The summed E-state index contributed by atoms with van der Waals surface area (Å²) in [5.74, 6) is -1.32. The van der Waals surface area contributed by atoms with Crippen molar-refractivity contribution in [1.82, 2.24) is 10.6 Å². The number of imide groups is 1. The predicted octanol–water partition coefficient (Wildman–Crippen LogP) is 0.613. The molecule has 2 N–H and O–H groups in total. The Morgan fingerprint density at radius 1 is 1.47 bits per heavy atom. The molecule has 0 heterocycles. The van der Waals surface area contributed by atoms with Gasteiger partial charge in [-0.15, -0.1) is 6.58 Å². The minimum atomic E-state index is -0.762. The topological polar surface area (TPSA) is 75.3 Å². The Balaban J connectivity index is 4.03. The second-order valence-corrected chi connectivity index (χ2v) is 3.03. The number of hydrogen-bond donors (Lipinski definition) is 2. The maximum Gasteiger partial charge on any atom is 0.321 e. The molecule has 1 atom stereocenters. The molecule has 0 spiro atoms. The van der Waals surface area contributed by atoms with Crippen molar-refractivity contribution in [2.45, 2.75) is 19.3 Å². The molecule has 1 unspecified atom stereocenters. The van der Waals surface area contributed by atoms with Gasteiger partial charge in [0.1, 0.15) is 6.29 Å². The molecule has 0 aromatic heterocycles. The highest BCUT2D eigenvalue weighted by molar-refractivity contribution is 6.01. The van der Waals surface area contributed by atoms with Gasteiger partial charge in [0.15, 0.2) is 0 Å². The van der Waals surface area contributed by atoms with Gasteiger partial charge in [0.05, 0.1) is 5.92 Å². The second-order valence-electron chi connectivity index (χ2n) is 3.03. The summed E-state index contributed by atoms with van der Waals surface area (Å²) in [6.07, 6.45) is 4.16. The normalized spacial score (nSPS) is 11.3. The number of carbonyl (C=O) groups is 3. The fraction of sp³-hybridized carbons (Fsp3) is 0.500. The van der Waals surface area contributed by atoms with Crippen LogP contribution in [0.1, 0.15) is 19.3 Å². The van der Waals surface area contributed by atoms with Crippen molar-refractivity contribution in [2.24, 2.45) is 5.92 Å². The van der Waals surface area contributed by atoms with Gasteiger partial charge < -0.3 is 10.1 Å². The van der Waals surface area contributed by atoms with E-state index in [-0.39, 0.29) is 0 Å². The molecule has 3 amide bonds. The predicted molar refractivity (Wildman–Crippen MR) is 56.2 cm³/mol. The summed E-state index contributed by atoms with van der Waals surface area (Å²) >= 11 is 0. The van der Waals surface area contributed by atoms with Crippen LogP contribution in [0.25, 0.3) is 0 Å². The molecule has 0 radical (unpaired) electrons. The molecule has 0 bridgehead atoms. The van der Waals surface area contributed by atoms with Crippen LogP contribution in [0.15, 0.2) is 12.7 Å². The molecule has 0 aromatic carbocycles. The number of hydrogen-bond acceptors (Lipinski definition) is 3. The molecule has 0 aliphatic rings. The van der Waals surface area contributed by atoms with Crippen molar-refractivity contribution in [3.8, 4) is 0 Å². The molecular formula is C10H16N2O3. The van der Waals surface area contributed by atoms with Gasteiger partial charge in [0.2, 0.25) is 5.91 Å². The van der Waals surface area contributed by atoms with Crippen molar-refractivity contribution in [3.05, 3.63) is 12.7 Å². The highest BCUT2D eigenvalue weighted by Crippen LogP contribution is 2.06. The largest absolute Gasteiger partial charge is 0.341 e. The molecule has 0 rings (SSSR count). The average Bonchev–Trinajstić information content (AvgIpc) is 2.24. The average molecular weight is 212 g/mol. The standard InChI is InChI=1S/C10H16N2O3/c1-3-4-5-6-8(7-13)9(14)12-10(15)11-2/h3,7-8H,1,4-6H2,2H3,(H2,11,12,14,15). The zero-order valence-electron chi connectivity index (χ0n) is 8.79. The first-order valence-corrected chi connectivity index (χ1v) is 4.74. The zero-order chi connectivity index (χ0) is 11.7. The Labute approximate surface area is 88.9 Å². The van der Waals surface area contributed by atoms with E-state index in [9.17, 15) is 14.4 Å². The van der Waals surface area contributed by atoms with Gasteiger partial charge in [-0.05, 0) is 19.3 Å². The maximum atomic E-state index is 11.3. The highest BCUT2D eigenvalue weighted by atomic mass is 16.2. The van der Waals surface area contributed by atoms with Gasteiger partial charge in [-0.3, -0.25) is 10.1 Å². The lowest BCUT2D eigenvalue weighted by molar-refractivity contribution is -0.128. The molecule has 0 aliphatic carbocycles. The first-order valence-electron chi connectivity index (χ1n) is 4.74. The van der Waals surface area contributed by atoms with Gasteiger partial charge in [0, 0.05) is 7.05 Å². The van der Waals surface area contributed by atoms with Crippen molar-refractivity contribution < 1.29 is 14.4 Å². The van der Waals surface area contributed by atoms with Crippen LogP contribution >= 0.6 is 0 Å². The first-order chi connectivity index (χ1) is 7.15. The lowest BCUT2D eigenvalue weighted by atomic mass is 10.0. The van der Waals surface area contributed by atoms with E-state index >= 15 is 0 Å². The van der Waals surface area contributed by atoms with Gasteiger partial charge in [-0.25, -0.2) is 4.79 Å². The van der Waals surface area contributed by atoms with Gasteiger partial charge in [0.25, 0.3) is 0 Å². The summed E-state index contributed by atoms with van der Waals surface area (Å²) in [7, 11) is 1.40. The lowest BCUT2D eigenvalue weighted by Crippen LogP contribution is -2.41. The summed E-state index contributed by atoms with van der Waals surface area (Å²) < 4.78 is 0. The van der Waals surface area contributed by atoms with Gasteiger partial charge in [-0.2, -0.15) is 0 Å². The Morgan fingerprint density at radius 2 is 2.13 bits per heavy atom. The second kappa shape index (κ2) is 7.73. The van der Waals surface area contributed by atoms with Crippen molar-refractivity contribution in [3.63, 3.8) is 0 Å². The van der Waals surface area contributed by atoms with Crippen LogP contribution in [-0.4, -0.2) is 25.3 Å². The number of nitrogens with one attached hydrogen (secondary N) is 2. The molecule has 5 nitrogen and oxygen atoms in total. The summed E-state index contributed by atoms with van der Waals surface area (Å²) in [5, 5.41) is 4.30. The highest BCUT2D eigenvalue weighted by Gasteiger charge is 2.18. The van der Waals surface area contributed by atoms with Gasteiger partial charge >= 0.3 is 6.03 Å². The van der Waals surface area contributed by atoms with E-state index in [4.69, 9.17) is 0 Å². The van der Waals surface area contributed by atoms with Crippen molar-refractivity contribution >= 4 is 18.2 Å². The third-order valence-corrected chi connectivity index (χ3v) is 1.89. The molecule has 0 aromatic rings. The Kier molecular flexibility index (Phi) is 6.88. The third kappa shape index (κ3) is 5.61. The summed E-state index contributed by atoms with van der Waals surface area (Å²) in [4.78, 5) is 32.7. The Bertz CT molecular complexity index is 251. The van der Waals surface area contributed by atoms with Gasteiger partial charge in [-0.1, -0.05) is 6.08 Å². The van der Waals surface area contributed by atoms with Crippen molar-refractivity contribution in [2.75, 3.05) is 7.05 Å². The van der Waals surface area contributed by atoms with Crippen LogP contribution in [0.5, 0.6) is 0 Å². The minimum Gasteiger partial charge on any atom is -0.341 e. The number of carbonyl (C=O) groups excluding carboxylic acids is 3. The summed E-state index contributed by atoms with van der Waals surface area (Å²) in [6, 6.07) is -0.601. The minimum absolute atomic E-state index is 0.429. The van der Waals surface area contributed by atoms with E-state index in [1.165, 1.54) is 7.05 Å². The van der Waals surface area contributed by atoms with E-state index in [0.29, 0.717) is 19.1 Å². The SMILES string of the molecule is C=CCCCC(C=O)C(=O)NC(=O)NC. The molecule has 0 aliphatic heterocycles. The Morgan fingerprint density at radius 3 is 2.60 bits per heavy atom. The van der Waals surface area contributed by atoms with Crippen LogP contribution in [0.2, 0.25) is 0 Å². The lowest BCUT2D eigenvalue weighted by Gasteiger charge is -2.08. The monoisotopic (exact) mass is 212 g/mol. The summed E-state index contributed by atoms with van der Waals surface area (Å²) in [6.45, 7) is 3.54. The number of unbranched alkanes of at least 4 members (excludes halogenated alkanes) is 1. The number of aldehydes is 1. The van der Waals surface area contributed by atoms with Crippen LogP contribution in [-0.2, 0) is 9.59 Å². The Hall–Kier alpha value is -1.65. The molecule has 0 saturated carbocycles. The fourth-order valence-corrected chi connectivity index (χ4v) is 1.01.